The van der Waals surface area contributed by atoms with E-state index in [2.05, 4.69) is 5.32 Å². The van der Waals surface area contributed by atoms with Crippen molar-refractivity contribution in [1.82, 2.24) is 0 Å². The molecule has 0 aliphatic heterocycles. The number of amides is 1. The molecule has 0 radical (unpaired) electrons. The molecule has 34 heavy (non-hydrogen) atoms. The number of nitrogens with one attached hydrogen (secondary N) is 1. The Balaban J connectivity index is 1.28. The first kappa shape index (κ1) is 21.1. The summed E-state index contributed by atoms with van der Waals surface area (Å²) in [5.41, 5.74) is 2.27. The van der Waals surface area contributed by atoms with Crippen LogP contribution < -0.4 is 16.6 Å². The molecule has 2 heterocycles. The van der Waals surface area contributed by atoms with E-state index in [1.807, 2.05) is 6.07 Å². The van der Waals surface area contributed by atoms with Gasteiger partial charge in [-0.15, -0.1) is 0 Å². The van der Waals surface area contributed by atoms with Crippen LogP contribution in [0.2, 0.25) is 0 Å². The van der Waals surface area contributed by atoms with E-state index in [4.69, 9.17) is 8.83 Å². The van der Waals surface area contributed by atoms with Crippen molar-refractivity contribution in [2.24, 2.45) is 0 Å². The predicted octanol–water partition coefficient (Wildman–Crippen LogP) is 4.58. The average molecular weight is 451 g/mol. The van der Waals surface area contributed by atoms with Gasteiger partial charge < -0.3 is 14.2 Å². The molecule has 1 amide bonds. The molecule has 1 N–H and O–H groups in total. The van der Waals surface area contributed by atoms with Crippen molar-refractivity contribution in [2.45, 2.75) is 6.42 Å². The van der Waals surface area contributed by atoms with Crippen LogP contribution in [0.1, 0.15) is 26.3 Å². The summed E-state index contributed by atoms with van der Waals surface area (Å²) in [6.07, 6.45) is 0.174. The average Bonchev–Trinajstić information content (AvgIpc) is 2.84. The molecule has 0 atom stereocenters. The number of hydrogen-bond acceptors (Lipinski definition) is 6. The Morgan fingerprint density at radius 3 is 1.91 bits per heavy atom. The zero-order valence-corrected chi connectivity index (χ0v) is 17.7. The lowest BCUT2D eigenvalue weighted by molar-refractivity contribution is 0.0989. The van der Waals surface area contributed by atoms with Gasteiger partial charge in [-0.3, -0.25) is 9.59 Å². The molecule has 0 spiro atoms. The molecule has 0 aliphatic carbocycles. The second kappa shape index (κ2) is 8.63. The molecule has 0 aliphatic rings. The topological polar surface area (TPSA) is 107 Å². The van der Waals surface area contributed by atoms with Crippen LogP contribution in [0.3, 0.4) is 0 Å². The Labute approximate surface area is 192 Å². The van der Waals surface area contributed by atoms with E-state index in [0.717, 1.165) is 10.9 Å². The largest absolute Gasteiger partial charge is 0.423 e. The molecule has 0 fully saturated rings. The van der Waals surface area contributed by atoms with E-state index >= 15 is 0 Å². The summed E-state index contributed by atoms with van der Waals surface area (Å²) in [6, 6.07) is 22.6. The third kappa shape index (κ3) is 4.40. The fraction of sp³-hybridized carbons (Fsp3) is 0.0370. The zero-order chi connectivity index (χ0) is 23.7. The first-order valence-corrected chi connectivity index (χ1v) is 10.5. The Kier molecular flexibility index (Phi) is 5.35. The monoisotopic (exact) mass is 451 g/mol. The van der Waals surface area contributed by atoms with Gasteiger partial charge in [0.25, 0.3) is 5.91 Å². The summed E-state index contributed by atoms with van der Waals surface area (Å²) >= 11 is 0. The van der Waals surface area contributed by atoms with Gasteiger partial charge in [-0.25, -0.2) is 9.59 Å². The third-order valence-corrected chi connectivity index (χ3v) is 5.39. The lowest BCUT2D eigenvalue weighted by Crippen LogP contribution is -2.12. The number of fused-ring (bicyclic) bond motifs is 2. The highest BCUT2D eigenvalue weighted by molar-refractivity contribution is 6.06. The van der Waals surface area contributed by atoms with Crippen molar-refractivity contribution in [2.75, 3.05) is 5.32 Å². The first-order valence-electron chi connectivity index (χ1n) is 10.5. The second-order valence-electron chi connectivity index (χ2n) is 7.77. The Morgan fingerprint density at radius 2 is 1.24 bits per heavy atom. The van der Waals surface area contributed by atoms with Crippen molar-refractivity contribution in [3.05, 3.63) is 122 Å². The quantitative estimate of drug-likeness (QED) is 0.310. The molecule has 0 saturated heterocycles. The minimum Gasteiger partial charge on any atom is -0.423 e. The number of hydrogen-bond donors (Lipinski definition) is 1. The number of ketones is 1. The van der Waals surface area contributed by atoms with Crippen molar-refractivity contribution >= 4 is 39.3 Å². The summed E-state index contributed by atoms with van der Waals surface area (Å²) in [5, 5.41) is 4.23. The van der Waals surface area contributed by atoms with Crippen molar-refractivity contribution in [3.8, 4) is 0 Å². The molecule has 7 nitrogen and oxygen atoms in total. The van der Waals surface area contributed by atoms with Gasteiger partial charge in [-0.2, -0.15) is 0 Å². The van der Waals surface area contributed by atoms with E-state index in [-0.39, 0.29) is 18.1 Å². The lowest BCUT2D eigenvalue weighted by atomic mass is 10.0. The number of carbonyl (C=O) groups is 2. The smallest absolute Gasteiger partial charge is 0.336 e. The van der Waals surface area contributed by atoms with E-state index in [1.165, 1.54) is 12.1 Å². The minimum absolute atomic E-state index is 0.0975. The number of benzene rings is 3. The van der Waals surface area contributed by atoms with Gasteiger partial charge in [0.05, 0.1) is 0 Å². The van der Waals surface area contributed by atoms with E-state index in [0.29, 0.717) is 33.4 Å². The number of anilines is 1. The maximum atomic E-state index is 12.7. The fourth-order valence-electron chi connectivity index (χ4n) is 3.68. The molecule has 0 saturated carbocycles. The Hall–Kier alpha value is -4.78. The molecule has 7 heteroatoms. The standard InChI is InChI=1S/C27H17NO6/c29-22(14-16-1-9-23-19(13-16)6-11-25(30)33-23)17-2-4-18(5-3-17)27(32)28-21-8-10-24-20(15-21)7-12-26(31)34-24/h1-13,15H,14H2,(H,28,32). The molecule has 166 valence electrons. The summed E-state index contributed by atoms with van der Waals surface area (Å²) in [7, 11) is 0. The number of Topliss-reactive ketones (excluding diaryl/α,β-unsaturated/α-hetero) is 1. The zero-order valence-electron chi connectivity index (χ0n) is 17.7. The summed E-state index contributed by atoms with van der Waals surface area (Å²) in [5.74, 6) is -0.425. The van der Waals surface area contributed by atoms with Crippen LogP contribution in [-0.4, -0.2) is 11.7 Å². The van der Waals surface area contributed by atoms with Crippen LogP contribution in [0.25, 0.3) is 21.9 Å². The lowest BCUT2D eigenvalue weighted by Gasteiger charge is -2.07. The van der Waals surface area contributed by atoms with Crippen LogP contribution in [-0.2, 0) is 6.42 Å². The van der Waals surface area contributed by atoms with E-state index in [9.17, 15) is 19.2 Å². The van der Waals surface area contributed by atoms with Crippen molar-refractivity contribution in [3.63, 3.8) is 0 Å². The van der Waals surface area contributed by atoms with Crippen LogP contribution >= 0.6 is 0 Å². The summed E-state index contributed by atoms with van der Waals surface area (Å²) < 4.78 is 10.2. The maximum Gasteiger partial charge on any atom is 0.336 e. The number of carbonyl (C=O) groups excluding carboxylic acids is 2. The van der Waals surface area contributed by atoms with Crippen molar-refractivity contribution in [1.29, 1.82) is 0 Å². The van der Waals surface area contributed by atoms with Gasteiger partial charge >= 0.3 is 11.3 Å². The molecule has 0 unspecified atom stereocenters. The Bertz CT molecular complexity index is 1550. The molecular weight excluding hydrogens is 434 g/mol. The normalized spacial score (nSPS) is 10.9. The third-order valence-electron chi connectivity index (χ3n) is 5.39. The van der Waals surface area contributed by atoms with Crippen LogP contribution in [0.5, 0.6) is 0 Å². The highest BCUT2D eigenvalue weighted by Gasteiger charge is 2.11. The molecule has 5 aromatic rings. The van der Waals surface area contributed by atoms with Crippen molar-refractivity contribution < 1.29 is 18.4 Å². The summed E-state index contributed by atoms with van der Waals surface area (Å²) in [4.78, 5) is 48.0. The first-order chi connectivity index (χ1) is 16.4. The van der Waals surface area contributed by atoms with Gasteiger partial charge in [0.15, 0.2) is 5.78 Å². The molecule has 2 aromatic heterocycles. The van der Waals surface area contributed by atoms with Gasteiger partial charge in [0.1, 0.15) is 11.2 Å². The maximum absolute atomic E-state index is 12.7. The van der Waals surface area contributed by atoms with Crippen LogP contribution in [0.15, 0.2) is 103 Å². The molecular formula is C27H17NO6. The minimum atomic E-state index is -0.437. The highest BCUT2D eigenvalue weighted by Crippen LogP contribution is 2.19. The van der Waals surface area contributed by atoms with Gasteiger partial charge in [0, 0.05) is 46.1 Å². The second-order valence-corrected chi connectivity index (χ2v) is 7.77. The van der Waals surface area contributed by atoms with Crippen LogP contribution in [0, 0.1) is 0 Å². The molecule has 3 aromatic carbocycles. The molecule has 0 bridgehead atoms. The number of rotatable bonds is 5. The predicted molar refractivity (Wildman–Crippen MR) is 127 cm³/mol. The van der Waals surface area contributed by atoms with Gasteiger partial charge in [-0.05, 0) is 60.2 Å². The van der Waals surface area contributed by atoms with E-state index < -0.39 is 11.3 Å². The molecule has 5 rings (SSSR count). The van der Waals surface area contributed by atoms with Crippen LogP contribution in [0.4, 0.5) is 5.69 Å². The SMILES string of the molecule is O=C(Cc1ccc2oc(=O)ccc2c1)c1ccc(C(=O)Nc2ccc3oc(=O)ccc3c2)cc1. The summed E-state index contributed by atoms with van der Waals surface area (Å²) in [6.45, 7) is 0. The van der Waals surface area contributed by atoms with Gasteiger partial charge in [-0.1, -0.05) is 18.2 Å². The fourth-order valence-corrected chi connectivity index (χ4v) is 3.68. The van der Waals surface area contributed by atoms with Gasteiger partial charge in [0.2, 0.25) is 0 Å². The highest BCUT2D eigenvalue weighted by atomic mass is 16.4. The van der Waals surface area contributed by atoms with E-state index in [1.54, 1.807) is 66.7 Å². The Morgan fingerprint density at radius 1 is 0.647 bits per heavy atom.